The van der Waals surface area contributed by atoms with E-state index in [1.165, 1.54) is 19.2 Å². The van der Waals surface area contributed by atoms with E-state index >= 15 is 0 Å². The van der Waals surface area contributed by atoms with Crippen LogP contribution in [0.15, 0.2) is 34.7 Å². The Hall–Kier alpha value is -2.47. The molecule has 0 saturated heterocycles. The molecule has 1 atom stereocenters. The van der Waals surface area contributed by atoms with E-state index in [0.29, 0.717) is 16.3 Å². The number of carboxylic acids is 2. The summed E-state index contributed by atoms with van der Waals surface area (Å²) in [5.74, 6) is -3.09. The van der Waals surface area contributed by atoms with Gasteiger partial charge in [-0.15, -0.1) is 0 Å². The van der Waals surface area contributed by atoms with Crippen LogP contribution >= 0.6 is 11.6 Å². The first-order valence-corrected chi connectivity index (χ1v) is 6.68. The van der Waals surface area contributed by atoms with Gasteiger partial charge in [0, 0.05) is 0 Å². The highest BCUT2D eigenvalue weighted by Crippen LogP contribution is 2.29. The van der Waals surface area contributed by atoms with Gasteiger partial charge in [-0.25, -0.2) is 4.79 Å². The van der Waals surface area contributed by atoms with E-state index < -0.39 is 17.9 Å². The molecule has 2 N–H and O–H groups in total. The van der Waals surface area contributed by atoms with E-state index in [-0.39, 0.29) is 17.9 Å². The number of carbonyl (C=O) groups is 2. The summed E-state index contributed by atoms with van der Waals surface area (Å²) >= 11 is 6.01. The van der Waals surface area contributed by atoms with E-state index in [4.69, 9.17) is 25.9 Å². The van der Waals surface area contributed by atoms with Crippen LogP contribution in [0.25, 0.3) is 0 Å². The van der Waals surface area contributed by atoms with Crippen LogP contribution in [0, 0.1) is 0 Å². The SMILES string of the molecule is COc1ccc(CC(C(=O)O)c2ccc(C(=O)O)o2)cc1Cl. The Bertz CT molecular complexity index is 706. The van der Waals surface area contributed by atoms with Crippen molar-refractivity contribution >= 4 is 23.5 Å². The first kappa shape index (κ1) is 15.9. The number of hydrogen-bond donors (Lipinski definition) is 2. The van der Waals surface area contributed by atoms with Crippen LogP contribution < -0.4 is 4.74 Å². The fourth-order valence-electron chi connectivity index (χ4n) is 2.04. The predicted octanol–water partition coefficient (Wildman–Crippen LogP) is 3.05. The largest absolute Gasteiger partial charge is 0.495 e. The van der Waals surface area contributed by atoms with Crippen molar-refractivity contribution < 1.29 is 29.0 Å². The summed E-state index contributed by atoms with van der Waals surface area (Å²) in [6.45, 7) is 0. The number of rotatable bonds is 6. The van der Waals surface area contributed by atoms with Crippen molar-refractivity contribution in [3.05, 3.63) is 52.4 Å². The van der Waals surface area contributed by atoms with Crippen LogP contribution in [0.3, 0.4) is 0 Å². The van der Waals surface area contributed by atoms with Crippen LogP contribution in [0.2, 0.25) is 5.02 Å². The molecule has 0 radical (unpaired) electrons. The topological polar surface area (TPSA) is 97.0 Å². The van der Waals surface area contributed by atoms with Crippen molar-refractivity contribution in [3.63, 3.8) is 0 Å². The molecule has 0 aliphatic rings. The first-order chi connectivity index (χ1) is 10.4. The average Bonchev–Trinajstić information content (AvgIpc) is 2.94. The molecule has 1 heterocycles. The number of hydrogen-bond acceptors (Lipinski definition) is 4. The van der Waals surface area contributed by atoms with Gasteiger partial charge >= 0.3 is 11.9 Å². The predicted molar refractivity (Wildman–Crippen MR) is 77.8 cm³/mol. The van der Waals surface area contributed by atoms with Gasteiger partial charge in [-0.05, 0) is 36.2 Å². The Morgan fingerprint density at radius 2 is 2.00 bits per heavy atom. The molecule has 2 aromatic rings. The number of benzene rings is 1. The van der Waals surface area contributed by atoms with E-state index in [0.717, 1.165) is 0 Å². The molecule has 7 heteroatoms. The Labute approximate surface area is 130 Å². The zero-order valence-corrected chi connectivity index (χ0v) is 12.3. The molecule has 0 spiro atoms. The second-order valence-corrected chi connectivity index (χ2v) is 4.98. The van der Waals surface area contributed by atoms with Crippen LogP contribution in [0.4, 0.5) is 0 Å². The standard InChI is InChI=1S/C15H13ClO6/c1-21-12-3-2-8(7-10(12)16)6-9(14(17)18)11-4-5-13(22-11)15(19)20/h2-5,7,9H,6H2,1H3,(H,17,18)(H,19,20). The van der Waals surface area contributed by atoms with Gasteiger partial charge in [0.1, 0.15) is 17.4 Å². The van der Waals surface area contributed by atoms with Gasteiger partial charge in [-0.3, -0.25) is 4.79 Å². The Kier molecular flexibility index (Phi) is 4.72. The zero-order valence-electron chi connectivity index (χ0n) is 11.6. The average molecular weight is 325 g/mol. The van der Waals surface area contributed by atoms with Crippen LogP contribution in [0.1, 0.15) is 27.8 Å². The minimum absolute atomic E-state index is 0.0804. The minimum Gasteiger partial charge on any atom is -0.495 e. The molecular weight excluding hydrogens is 312 g/mol. The van der Waals surface area contributed by atoms with Crippen molar-refractivity contribution in [1.82, 2.24) is 0 Å². The van der Waals surface area contributed by atoms with E-state index in [9.17, 15) is 14.7 Å². The molecule has 0 aliphatic carbocycles. The molecule has 22 heavy (non-hydrogen) atoms. The zero-order chi connectivity index (χ0) is 16.3. The fraction of sp³-hybridized carbons (Fsp3) is 0.200. The highest BCUT2D eigenvalue weighted by atomic mass is 35.5. The molecule has 0 aliphatic heterocycles. The maximum atomic E-state index is 11.4. The van der Waals surface area contributed by atoms with Crippen molar-refractivity contribution in [3.8, 4) is 5.75 Å². The maximum Gasteiger partial charge on any atom is 0.371 e. The molecule has 1 aromatic carbocycles. The highest BCUT2D eigenvalue weighted by Gasteiger charge is 2.25. The van der Waals surface area contributed by atoms with Crippen molar-refractivity contribution in [2.75, 3.05) is 7.11 Å². The summed E-state index contributed by atoms with van der Waals surface area (Å²) in [5, 5.41) is 18.5. The summed E-state index contributed by atoms with van der Waals surface area (Å²) in [7, 11) is 1.48. The normalized spacial score (nSPS) is 11.9. The summed E-state index contributed by atoms with van der Waals surface area (Å²) in [6.07, 6.45) is 0.117. The number of halogens is 1. The molecule has 0 bridgehead atoms. The van der Waals surface area contributed by atoms with Gasteiger partial charge in [-0.1, -0.05) is 17.7 Å². The van der Waals surface area contributed by atoms with Crippen LogP contribution in [-0.2, 0) is 11.2 Å². The number of carboxylic acid groups (broad SMARTS) is 2. The first-order valence-electron chi connectivity index (χ1n) is 6.30. The summed E-state index contributed by atoms with van der Waals surface area (Å²) in [6, 6.07) is 7.53. The number of aromatic carboxylic acids is 1. The Balaban J connectivity index is 2.27. The third-order valence-corrected chi connectivity index (χ3v) is 3.43. The Morgan fingerprint density at radius 3 is 2.50 bits per heavy atom. The maximum absolute atomic E-state index is 11.4. The lowest BCUT2D eigenvalue weighted by atomic mass is 9.97. The van der Waals surface area contributed by atoms with Crippen LogP contribution in [0.5, 0.6) is 5.75 Å². The summed E-state index contributed by atoms with van der Waals surface area (Å²) in [4.78, 5) is 22.2. The lowest BCUT2D eigenvalue weighted by molar-refractivity contribution is -0.139. The van der Waals surface area contributed by atoms with Crippen molar-refractivity contribution in [2.45, 2.75) is 12.3 Å². The molecule has 1 aromatic heterocycles. The highest BCUT2D eigenvalue weighted by molar-refractivity contribution is 6.32. The van der Waals surface area contributed by atoms with Gasteiger partial charge < -0.3 is 19.4 Å². The van der Waals surface area contributed by atoms with Gasteiger partial charge in [0.25, 0.3) is 0 Å². The fourth-order valence-corrected chi connectivity index (χ4v) is 2.32. The van der Waals surface area contributed by atoms with Gasteiger partial charge in [0.2, 0.25) is 5.76 Å². The van der Waals surface area contributed by atoms with Crippen molar-refractivity contribution in [1.29, 1.82) is 0 Å². The van der Waals surface area contributed by atoms with Crippen LogP contribution in [-0.4, -0.2) is 29.3 Å². The molecule has 6 nitrogen and oxygen atoms in total. The summed E-state index contributed by atoms with van der Waals surface area (Å²) in [5.41, 5.74) is 0.673. The quantitative estimate of drug-likeness (QED) is 0.847. The molecule has 1 unspecified atom stereocenters. The smallest absolute Gasteiger partial charge is 0.371 e. The molecule has 0 amide bonds. The second kappa shape index (κ2) is 6.53. The molecular formula is C15H13ClO6. The third-order valence-electron chi connectivity index (χ3n) is 3.14. The number of methoxy groups -OCH3 is 1. The molecule has 0 saturated carbocycles. The molecule has 2 rings (SSSR count). The number of aliphatic carboxylic acids is 1. The van der Waals surface area contributed by atoms with Gasteiger partial charge in [0.05, 0.1) is 12.1 Å². The molecule has 0 fully saturated rings. The van der Waals surface area contributed by atoms with E-state index in [1.807, 2.05) is 0 Å². The molecule has 116 valence electrons. The monoisotopic (exact) mass is 324 g/mol. The summed E-state index contributed by atoms with van der Waals surface area (Å²) < 4.78 is 10.1. The van der Waals surface area contributed by atoms with Crippen molar-refractivity contribution in [2.24, 2.45) is 0 Å². The number of ether oxygens (including phenoxy) is 1. The third kappa shape index (κ3) is 3.40. The second-order valence-electron chi connectivity index (χ2n) is 4.57. The Morgan fingerprint density at radius 1 is 1.27 bits per heavy atom. The lowest BCUT2D eigenvalue weighted by Crippen LogP contribution is -2.14. The minimum atomic E-state index is -1.25. The van der Waals surface area contributed by atoms with E-state index in [1.54, 1.807) is 18.2 Å². The van der Waals surface area contributed by atoms with E-state index in [2.05, 4.69) is 0 Å². The van der Waals surface area contributed by atoms with Gasteiger partial charge in [0.15, 0.2) is 0 Å². The van der Waals surface area contributed by atoms with Gasteiger partial charge in [-0.2, -0.15) is 0 Å². The lowest BCUT2D eigenvalue weighted by Gasteiger charge is -2.11. The number of furan rings is 1.